The Hall–Kier alpha value is -3.99. The smallest absolute Gasteiger partial charge is 0.485 e. The third-order valence-corrected chi connectivity index (χ3v) is 8.08. The van der Waals surface area contributed by atoms with Crippen LogP contribution in [0.2, 0.25) is 0 Å². The Balaban J connectivity index is 0.000000459. The van der Waals surface area contributed by atoms with Gasteiger partial charge in [0, 0.05) is 17.7 Å². The summed E-state index contributed by atoms with van der Waals surface area (Å²) in [6.07, 6.45) is 0. The molecular weight excluding hydrogens is 559 g/mol. The van der Waals surface area contributed by atoms with Gasteiger partial charge >= 0.3 is 11.1 Å². The molecule has 0 spiro atoms. The number of methoxy groups -OCH3 is 2. The number of fused-ring (bicyclic) bond motifs is 1. The molecule has 4 rings (SSSR count). The van der Waals surface area contributed by atoms with Crippen molar-refractivity contribution in [1.29, 1.82) is 5.26 Å². The molecule has 0 radical (unpaired) electrons. The Kier molecular flexibility index (Phi) is 9.28. The number of halogens is 3. The Labute approximate surface area is 224 Å². The second kappa shape index (κ2) is 12.2. The molecule has 0 aliphatic rings. The number of rotatable bonds is 6. The number of nitrogens with zero attached hydrogens (tertiary/aromatic N) is 1. The Bertz CT molecular complexity index is 1650. The lowest BCUT2D eigenvalue weighted by atomic mass is 10.2. The van der Waals surface area contributed by atoms with Crippen LogP contribution >= 0.6 is 0 Å². The van der Waals surface area contributed by atoms with E-state index < -0.39 is 32.1 Å². The van der Waals surface area contributed by atoms with Crippen LogP contribution in [0.25, 0.3) is 11.0 Å². The van der Waals surface area contributed by atoms with Gasteiger partial charge in [0.15, 0.2) is 31.4 Å². The normalized spacial score (nSPS) is 12.1. The molecule has 1 aromatic heterocycles. The highest BCUT2D eigenvalue weighted by Gasteiger charge is 2.37. The molecule has 204 valence electrons. The second-order valence-corrected chi connectivity index (χ2v) is 11.0. The van der Waals surface area contributed by atoms with Crippen molar-refractivity contribution in [2.45, 2.75) is 21.1 Å². The van der Waals surface area contributed by atoms with E-state index in [0.29, 0.717) is 28.4 Å². The molecule has 0 saturated carbocycles. The Morgan fingerprint density at radius 1 is 0.974 bits per heavy atom. The molecule has 1 atom stereocenters. The van der Waals surface area contributed by atoms with E-state index in [9.17, 15) is 18.0 Å². The van der Waals surface area contributed by atoms with Gasteiger partial charge in [0.05, 0.1) is 48.2 Å². The molecule has 0 saturated heterocycles. The van der Waals surface area contributed by atoms with Crippen LogP contribution in [-0.2, 0) is 26.8 Å². The molecular formula is C26H20F3NO7S2. The molecule has 0 bridgehead atoms. The first-order chi connectivity index (χ1) is 18.4. The van der Waals surface area contributed by atoms with E-state index in [1.807, 2.05) is 48.5 Å². The maximum atomic E-state index is 12.5. The monoisotopic (exact) mass is 579 g/mol. The van der Waals surface area contributed by atoms with Crippen LogP contribution in [0.1, 0.15) is 11.1 Å². The highest BCUT2D eigenvalue weighted by Crippen LogP contribution is 2.37. The van der Waals surface area contributed by atoms with Gasteiger partial charge in [-0.05, 0) is 24.3 Å². The van der Waals surface area contributed by atoms with Crippen LogP contribution in [0.3, 0.4) is 0 Å². The minimum Gasteiger partial charge on any atom is -0.741 e. The van der Waals surface area contributed by atoms with Crippen LogP contribution < -0.4 is 15.1 Å². The zero-order chi connectivity index (χ0) is 28.8. The predicted octanol–water partition coefficient (Wildman–Crippen LogP) is 4.97. The maximum absolute atomic E-state index is 12.5. The summed E-state index contributed by atoms with van der Waals surface area (Å²) in [4.78, 5) is 14.4. The van der Waals surface area contributed by atoms with Gasteiger partial charge in [-0.2, -0.15) is 18.4 Å². The average molecular weight is 580 g/mol. The van der Waals surface area contributed by atoms with Gasteiger partial charge in [0.1, 0.15) is 11.3 Å². The van der Waals surface area contributed by atoms with Crippen LogP contribution in [0.4, 0.5) is 13.2 Å². The summed E-state index contributed by atoms with van der Waals surface area (Å²) < 4.78 is 75.3. The summed E-state index contributed by atoms with van der Waals surface area (Å²) in [5, 5.41) is 9.90. The Morgan fingerprint density at radius 3 is 2.05 bits per heavy atom. The molecule has 1 unspecified atom stereocenters. The zero-order valence-electron chi connectivity index (χ0n) is 20.4. The van der Waals surface area contributed by atoms with Crippen molar-refractivity contribution >= 4 is 32.0 Å². The molecule has 0 amide bonds. The van der Waals surface area contributed by atoms with Crippen molar-refractivity contribution in [1.82, 2.24) is 0 Å². The van der Waals surface area contributed by atoms with Gasteiger partial charge in [-0.15, -0.1) is 0 Å². The molecule has 3 aromatic carbocycles. The van der Waals surface area contributed by atoms with E-state index in [-0.39, 0.29) is 0 Å². The Morgan fingerprint density at radius 2 is 1.54 bits per heavy atom. The van der Waals surface area contributed by atoms with Crippen molar-refractivity contribution in [2.75, 3.05) is 14.2 Å². The number of benzene rings is 3. The number of hydrogen-bond donors (Lipinski definition) is 0. The first-order valence-electron chi connectivity index (χ1n) is 10.8. The van der Waals surface area contributed by atoms with Gasteiger partial charge in [-0.25, -0.2) is 13.2 Å². The number of nitriles is 1. The van der Waals surface area contributed by atoms with Crippen LogP contribution in [0.5, 0.6) is 11.5 Å². The molecule has 13 heteroatoms. The highest BCUT2D eigenvalue weighted by atomic mass is 32.2. The first kappa shape index (κ1) is 29.6. The third kappa shape index (κ3) is 7.32. The maximum Gasteiger partial charge on any atom is 0.485 e. The van der Waals surface area contributed by atoms with E-state index in [1.54, 1.807) is 26.4 Å². The van der Waals surface area contributed by atoms with E-state index in [2.05, 4.69) is 18.2 Å². The number of ether oxygens (including phenoxy) is 2. The highest BCUT2D eigenvalue weighted by molar-refractivity contribution is 7.96. The van der Waals surface area contributed by atoms with E-state index in [1.165, 1.54) is 0 Å². The molecule has 39 heavy (non-hydrogen) atoms. The van der Waals surface area contributed by atoms with Crippen molar-refractivity contribution in [3.63, 3.8) is 0 Å². The molecule has 8 nitrogen and oxygen atoms in total. The van der Waals surface area contributed by atoms with Crippen molar-refractivity contribution in [2.24, 2.45) is 0 Å². The van der Waals surface area contributed by atoms with Crippen molar-refractivity contribution in [3.8, 4) is 17.6 Å². The standard InChI is InChI=1S/C25H20NO4S.CHF3O3S/c1-28-22-12-20-21(13-23(22)29-2)30-25(27)14-24(20)31(19-6-4-3-5-7-19)16-18-10-8-17(15-26)9-11-18;2-1(3,4)8(5,6)7/h3-14H,16H2,1-2H3;(H,5,6,7)/q+1;/p-1. The lowest BCUT2D eigenvalue weighted by molar-refractivity contribution is -0.0517. The fraction of sp³-hybridized carbons (Fsp3) is 0.154. The molecule has 0 N–H and O–H groups in total. The van der Waals surface area contributed by atoms with Crippen molar-refractivity contribution < 1.29 is 40.0 Å². The molecule has 1 heterocycles. The van der Waals surface area contributed by atoms with Gasteiger partial charge in [0.2, 0.25) is 0 Å². The molecule has 0 aliphatic carbocycles. The van der Waals surface area contributed by atoms with Gasteiger partial charge < -0.3 is 18.4 Å². The van der Waals surface area contributed by atoms with Gasteiger partial charge in [-0.3, -0.25) is 0 Å². The van der Waals surface area contributed by atoms with E-state index in [4.69, 9.17) is 32.1 Å². The van der Waals surface area contributed by atoms with Crippen LogP contribution in [0.15, 0.2) is 91.8 Å². The quantitative estimate of drug-likeness (QED) is 0.136. The molecule has 4 aromatic rings. The summed E-state index contributed by atoms with van der Waals surface area (Å²) in [6, 6.07) is 24.9. The average Bonchev–Trinajstić information content (AvgIpc) is 2.90. The SMILES string of the molecule is COc1cc2oc(=O)cc([S+](Cc3ccc(C#N)cc3)c3ccccc3)c2cc1OC.O=S(=O)([O-])C(F)(F)F. The molecule has 0 fully saturated rings. The van der Waals surface area contributed by atoms with Crippen LogP contribution in [-0.4, -0.2) is 32.7 Å². The fourth-order valence-electron chi connectivity index (χ4n) is 3.38. The summed E-state index contributed by atoms with van der Waals surface area (Å²) in [5.41, 5.74) is -3.91. The largest absolute Gasteiger partial charge is 0.741 e. The van der Waals surface area contributed by atoms with E-state index in [0.717, 1.165) is 20.7 Å². The first-order valence-corrected chi connectivity index (χ1v) is 13.6. The van der Waals surface area contributed by atoms with E-state index >= 15 is 0 Å². The zero-order valence-corrected chi connectivity index (χ0v) is 22.0. The second-order valence-electron chi connectivity index (χ2n) is 7.69. The van der Waals surface area contributed by atoms with Gasteiger partial charge in [-0.1, -0.05) is 30.3 Å². The summed E-state index contributed by atoms with van der Waals surface area (Å²) in [7, 11) is -3.42. The number of hydrogen-bond acceptors (Lipinski definition) is 8. The fourth-order valence-corrected chi connectivity index (χ4v) is 5.63. The molecule has 0 aliphatic heterocycles. The third-order valence-electron chi connectivity index (χ3n) is 5.18. The summed E-state index contributed by atoms with van der Waals surface area (Å²) in [5.74, 6) is 1.75. The van der Waals surface area contributed by atoms with Crippen LogP contribution in [0, 0.1) is 11.3 Å². The number of alkyl halides is 3. The lowest BCUT2D eigenvalue weighted by Gasteiger charge is -2.12. The van der Waals surface area contributed by atoms with Gasteiger partial charge in [0.25, 0.3) is 0 Å². The lowest BCUT2D eigenvalue weighted by Crippen LogP contribution is -2.21. The topological polar surface area (TPSA) is 130 Å². The minimum absolute atomic E-state index is 0.414. The summed E-state index contributed by atoms with van der Waals surface area (Å²) in [6.45, 7) is 0. The summed E-state index contributed by atoms with van der Waals surface area (Å²) >= 11 is 0. The predicted molar refractivity (Wildman–Crippen MR) is 137 cm³/mol. The van der Waals surface area contributed by atoms with Crippen molar-refractivity contribution in [3.05, 3.63) is 94.3 Å². The minimum atomic E-state index is -6.09.